The number of hydrazine groups is 1. The van der Waals surface area contributed by atoms with Gasteiger partial charge < -0.3 is 0 Å². The molecule has 1 atom stereocenters. The zero-order valence-corrected chi connectivity index (χ0v) is 16.7. The molecule has 5 nitrogen and oxygen atoms in total. The number of aromatic nitrogens is 1. The van der Waals surface area contributed by atoms with Crippen molar-refractivity contribution in [3.63, 3.8) is 0 Å². The monoisotopic (exact) mass is 385 g/mol. The molecule has 0 aliphatic carbocycles. The molecule has 0 aliphatic rings. The van der Waals surface area contributed by atoms with Crippen molar-refractivity contribution in [2.24, 2.45) is 0 Å². The van der Waals surface area contributed by atoms with Gasteiger partial charge in [-0.05, 0) is 44.0 Å². The third-order valence-corrected chi connectivity index (χ3v) is 5.24. The molecule has 5 heteroatoms. The SMILES string of the molecule is Cc1cccc(C(=O)C(C)ONNc2c3ccccc3nc3ccccc23)c1C. The molecule has 29 heavy (non-hydrogen) atoms. The highest BCUT2D eigenvalue weighted by Crippen LogP contribution is 2.30. The first-order valence-electron chi connectivity index (χ1n) is 9.61. The van der Waals surface area contributed by atoms with E-state index >= 15 is 0 Å². The minimum atomic E-state index is -0.651. The number of ketones is 1. The lowest BCUT2D eigenvalue weighted by Gasteiger charge is -2.17. The van der Waals surface area contributed by atoms with Crippen LogP contribution in [0.5, 0.6) is 0 Å². The van der Waals surface area contributed by atoms with E-state index in [2.05, 4.69) is 11.0 Å². The highest BCUT2D eigenvalue weighted by molar-refractivity contribution is 6.07. The average Bonchev–Trinajstić information content (AvgIpc) is 2.74. The van der Waals surface area contributed by atoms with Gasteiger partial charge in [0.1, 0.15) is 6.10 Å². The zero-order valence-electron chi connectivity index (χ0n) is 16.7. The van der Waals surface area contributed by atoms with E-state index in [0.717, 1.165) is 38.6 Å². The van der Waals surface area contributed by atoms with Crippen molar-refractivity contribution in [3.05, 3.63) is 83.4 Å². The minimum absolute atomic E-state index is 0.0649. The highest BCUT2D eigenvalue weighted by atomic mass is 16.7. The predicted molar refractivity (Wildman–Crippen MR) is 117 cm³/mol. The summed E-state index contributed by atoms with van der Waals surface area (Å²) in [4.78, 5) is 23.1. The smallest absolute Gasteiger partial charge is 0.193 e. The van der Waals surface area contributed by atoms with Crippen molar-refractivity contribution in [1.82, 2.24) is 10.6 Å². The number of aryl methyl sites for hydroxylation is 1. The van der Waals surface area contributed by atoms with Crippen LogP contribution in [0.25, 0.3) is 21.8 Å². The number of carbonyl (C=O) groups excluding carboxylic acids is 1. The van der Waals surface area contributed by atoms with Crippen LogP contribution < -0.4 is 11.0 Å². The lowest BCUT2D eigenvalue weighted by atomic mass is 9.98. The number of rotatable bonds is 6. The summed E-state index contributed by atoms with van der Waals surface area (Å²) < 4.78 is 0. The van der Waals surface area contributed by atoms with Crippen LogP contribution in [0.3, 0.4) is 0 Å². The number of fused-ring (bicyclic) bond motifs is 2. The molecule has 0 spiro atoms. The van der Waals surface area contributed by atoms with Crippen LogP contribution >= 0.6 is 0 Å². The van der Waals surface area contributed by atoms with E-state index in [9.17, 15) is 4.79 Å². The molecule has 0 radical (unpaired) electrons. The summed E-state index contributed by atoms with van der Waals surface area (Å²) in [5.41, 5.74) is 11.3. The van der Waals surface area contributed by atoms with Crippen molar-refractivity contribution in [2.45, 2.75) is 26.9 Å². The van der Waals surface area contributed by atoms with Crippen LogP contribution in [0.2, 0.25) is 0 Å². The second-order valence-electron chi connectivity index (χ2n) is 7.12. The summed E-state index contributed by atoms with van der Waals surface area (Å²) in [5, 5.41) is 1.94. The van der Waals surface area contributed by atoms with Crippen molar-refractivity contribution >= 4 is 33.3 Å². The Morgan fingerprint density at radius 2 is 1.52 bits per heavy atom. The molecule has 0 aliphatic heterocycles. The molecule has 0 fully saturated rings. The van der Waals surface area contributed by atoms with Crippen LogP contribution in [0.1, 0.15) is 28.4 Å². The number of nitrogens with zero attached hydrogens (tertiary/aromatic N) is 1. The average molecular weight is 385 g/mol. The summed E-state index contributed by atoms with van der Waals surface area (Å²) in [6, 6.07) is 21.5. The summed E-state index contributed by atoms with van der Waals surface area (Å²) in [6.45, 7) is 5.69. The maximum atomic E-state index is 12.8. The van der Waals surface area contributed by atoms with Gasteiger partial charge in [0.25, 0.3) is 0 Å². The predicted octanol–water partition coefficient (Wildman–Crippen LogP) is 5.12. The van der Waals surface area contributed by atoms with Crippen LogP contribution in [0, 0.1) is 13.8 Å². The number of carbonyl (C=O) groups is 1. The van der Waals surface area contributed by atoms with Crippen LogP contribution in [0.15, 0.2) is 66.7 Å². The number of Topliss-reactive ketones (excluding diaryl/α,β-unsaturated/α-hetero) is 1. The van der Waals surface area contributed by atoms with E-state index in [1.54, 1.807) is 6.92 Å². The first kappa shape index (κ1) is 19.1. The molecule has 2 N–H and O–H groups in total. The van der Waals surface area contributed by atoms with E-state index in [1.807, 2.05) is 80.6 Å². The van der Waals surface area contributed by atoms with Crippen LogP contribution in [0.4, 0.5) is 5.69 Å². The third-order valence-electron chi connectivity index (χ3n) is 5.24. The van der Waals surface area contributed by atoms with Gasteiger partial charge in [-0.3, -0.25) is 15.1 Å². The van der Waals surface area contributed by atoms with E-state index in [4.69, 9.17) is 9.82 Å². The van der Waals surface area contributed by atoms with Crippen molar-refractivity contribution < 1.29 is 9.63 Å². The van der Waals surface area contributed by atoms with Gasteiger partial charge in [-0.2, -0.15) is 0 Å². The van der Waals surface area contributed by atoms with E-state index in [-0.39, 0.29) is 5.78 Å². The number of pyridine rings is 1. The zero-order chi connectivity index (χ0) is 20.4. The Morgan fingerprint density at radius 3 is 2.17 bits per heavy atom. The lowest BCUT2D eigenvalue weighted by molar-refractivity contribution is 0.00515. The second kappa shape index (κ2) is 7.99. The molecule has 0 saturated carbocycles. The number of hydrogen-bond acceptors (Lipinski definition) is 5. The second-order valence-corrected chi connectivity index (χ2v) is 7.12. The van der Waals surface area contributed by atoms with E-state index < -0.39 is 6.10 Å². The molecule has 0 saturated heterocycles. The fourth-order valence-electron chi connectivity index (χ4n) is 3.43. The largest absolute Gasteiger partial charge is 0.297 e. The summed E-state index contributed by atoms with van der Waals surface area (Å²) >= 11 is 0. The summed E-state index contributed by atoms with van der Waals surface area (Å²) in [6.07, 6.45) is -0.651. The van der Waals surface area contributed by atoms with Gasteiger partial charge in [0.2, 0.25) is 0 Å². The molecular weight excluding hydrogens is 362 g/mol. The molecule has 4 rings (SSSR count). The van der Waals surface area contributed by atoms with Gasteiger partial charge >= 0.3 is 0 Å². The maximum absolute atomic E-state index is 12.8. The topological polar surface area (TPSA) is 63.2 Å². The standard InChI is InChI=1S/C24H23N3O2/c1-15-9-8-12-18(16(15)2)24(28)17(3)29-27-26-23-19-10-4-6-13-21(19)25-22-14-7-5-11-20(22)23/h4-14,17,27H,1-3H3,(H,25,26). The number of benzene rings is 3. The first-order chi connectivity index (χ1) is 14.1. The minimum Gasteiger partial charge on any atom is -0.297 e. The quantitative estimate of drug-likeness (QED) is 0.274. The van der Waals surface area contributed by atoms with Gasteiger partial charge in [-0.1, -0.05) is 54.6 Å². The lowest BCUT2D eigenvalue weighted by Crippen LogP contribution is -2.32. The Bertz CT molecular complexity index is 1150. The fourth-order valence-corrected chi connectivity index (χ4v) is 3.43. The van der Waals surface area contributed by atoms with E-state index in [0.29, 0.717) is 5.56 Å². The molecular formula is C24H23N3O2. The van der Waals surface area contributed by atoms with Gasteiger partial charge in [0, 0.05) is 16.3 Å². The van der Waals surface area contributed by atoms with Crippen molar-refractivity contribution in [1.29, 1.82) is 0 Å². The van der Waals surface area contributed by atoms with Gasteiger partial charge in [-0.25, -0.2) is 4.98 Å². The molecule has 146 valence electrons. The normalized spacial score (nSPS) is 12.2. The molecule has 1 unspecified atom stereocenters. The summed E-state index contributed by atoms with van der Waals surface area (Å²) in [5.74, 6) is -0.0649. The molecule has 1 heterocycles. The number of hydrogen-bond donors (Lipinski definition) is 2. The van der Waals surface area contributed by atoms with Gasteiger partial charge in [0.05, 0.1) is 16.7 Å². The molecule has 0 amide bonds. The van der Waals surface area contributed by atoms with Gasteiger partial charge in [-0.15, -0.1) is 5.59 Å². The Kier molecular flexibility index (Phi) is 5.25. The van der Waals surface area contributed by atoms with Crippen LogP contribution in [-0.2, 0) is 4.84 Å². The summed E-state index contributed by atoms with van der Waals surface area (Å²) in [7, 11) is 0. The molecule has 0 bridgehead atoms. The fraction of sp³-hybridized carbons (Fsp3) is 0.167. The first-order valence-corrected chi connectivity index (χ1v) is 9.61. The highest BCUT2D eigenvalue weighted by Gasteiger charge is 2.19. The van der Waals surface area contributed by atoms with Crippen molar-refractivity contribution in [2.75, 3.05) is 5.43 Å². The number of para-hydroxylation sites is 2. The Hall–Kier alpha value is -3.28. The Balaban J connectivity index is 1.55. The molecule has 1 aromatic heterocycles. The Morgan fingerprint density at radius 1 is 0.897 bits per heavy atom. The van der Waals surface area contributed by atoms with Crippen molar-refractivity contribution in [3.8, 4) is 0 Å². The number of anilines is 1. The molecule has 4 aromatic rings. The Labute approximate surface area is 169 Å². The van der Waals surface area contributed by atoms with Crippen LogP contribution in [-0.4, -0.2) is 16.9 Å². The maximum Gasteiger partial charge on any atom is 0.193 e. The number of nitrogens with one attached hydrogen (secondary N) is 2. The van der Waals surface area contributed by atoms with E-state index in [1.165, 1.54) is 0 Å². The third kappa shape index (κ3) is 3.70. The molecule has 3 aromatic carbocycles. The van der Waals surface area contributed by atoms with Gasteiger partial charge in [0.15, 0.2) is 5.78 Å².